The average Bonchev–Trinajstić information content (AvgIpc) is 3.04. The van der Waals surface area contributed by atoms with Crippen LogP contribution >= 0.6 is 12.4 Å². The van der Waals surface area contributed by atoms with E-state index in [9.17, 15) is 0 Å². The summed E-state index contributed by atoms with van der Waals surface area (Å²) in [5.41, 5.74) is 8.35. The smallest absolute Gasteiger partial charge is 0.240 e. The molecule has 3 rings (SSSR count). The molecule has 6 heteroatoms. The minimum atomic E-state index is 0. The molecule has 0 saturated carbocycles. The standard InChI is InChI=1S/C14H18N4O.ClH/c1-18(9-13-16-14(8-15)19-17-13)12-7-6-10-4-2-3-5-11(10)12;/h2-5,12H,6-9,15H2,1H3;1H. The van der Waals surface area contributed by atoms with Gasteiger partial charge < -0.3 is 10.3 Å². The molecule has 1 atom stereocenters. The molecule has 0 bridgehead atoms. The first-order valence-corrected chi connectivity index (χ1v) is 6.57. The molecule has 1 heterocycles. The van der Waals surface area contributed by atoms with Gasteiger partial charge in [0.1, 0.15) is 0 Å². The van der Waals surface area contributed by atoms with E-state index in [1.165, 1.54) is 11.1 Å². The monoisotopic (exact) mass is 294 g/mol. The largest absolute Gasteiger partial charge is 0.338 e. The highest BCUT2D eigenvalue weighted by molar-refractivity contribution is 5.85. The van der Waals surface area contributed by atoms with Gasteiger partial charge >= 0.3 is 0 Å². The predicted molar refractivity (Wildman–Crippen MR) is 78.4 cm³/mol. The molecule has 1 aliphatic rings. The molecule has 1 aliphatic carbocycles. The summed E-state index contributed by atoms with van der Waals surface area (Å²) in [5, 5.41) is 3.95. The molecular weight excluding hydrogens is 276 g/mol. The summed E-state index contributed by atoms with van der Waals surface area (Å²) in [6, 6.07) is 9.07. The lowest BCUT2D eigenvalue weighted by molar-refractivity contribution is 0.226. The van der Waals surface area contributed by atoms with Crippen LogP contribution in [0.4, 0.5) is 0 Å². The molecule has 2 aromatic rings. The molecule has 2 N–H and O–H groups in total. The van der Waals surface area contributed by atoms with Crippen LogP contribution in [0.15, 0.2) is 28.8 Å². The van der Waals surface area contributed by atoms with Gasteiger partial charge in [-0.05, 0) is 31.0 Å². The van der Waals surface area contributed by atoms with Crippen LogP contribution in [0.5, 0.6) is 0 Å². The highest BCUT2D eigenvalue weighted by Gasteiger charge is 2.26. The number of nitrogens with two attached hydrogens (primary N) is 1. The number of aromatic nitrogens is 2. The van der Waals surface area contributed by atoms with E-state index in [0.717, 1.165) is 12.8 Å². The van der Waals surface area contributed by atoms with Crippen molar-refractivity contribution < 1.29 is 4.52 Å². The summed E-state index contributed by atoms with van der Waals surface area (Å²) in [4.78, 5) is 6.53. The lowest BCUT2D eigenvalue weighted by atomic mass is 10.1. The summed E-state index contributed by atoms with van der Waals surface area (Å²) in [5.74, 6) is 1.20. The molecular formula is C14H19ClN4O. The van der Waals surface area contributed by atoms with E-state index in [1.807, 2.05) is 0 Å². The van der Waals surface area contributed by atoms with Crippen LogP contribution in [-0.2, 0) is 19.5 Å². The molecule has 0 spiro atoms. The van der Waals surface area contributed by atoms with Gasteiger partial charge in [0.05, 0.1) is 13.1 Å². The maximum atomic E-state index is 5.47. The SMILES string of the molecule is CN(Cc1noc(CN)n1)C1CCc2ccccc21.Cl. The van der Waals surface area contributed by atoms with Gasteiger partial charge in [-0.1, -0.05) is 29.4 Å². The first kappa shape index (κ1) is 15.0. The Morgan fingerprint density at radius 1 is 1.40 bits per heavy atom. The van der Waals surface area contributed by atoms with E-state index >= 15 is 0 Å². The van der Waals surface area contributed by atoms with E-state index in [-0.39, 0.29) is 12.4 Å². The molecule has 1 aromatic heterocycles. The summed E-state index contributed by atoms with van der Waals surface area (Å²) >= 11 is 0. The van der Waals surface area contributed by atoms with E-state index in [1.54, 1.807) is 0 Å². The summed E-state index contributed by atoms with van der Waals surface area (Å²) in [6.45, 7) is 0.978. The lowest BCUT2D eigenvalue weighted by Gasteiger charge is -2.23. The molecule has 1 unspecified atom stereocenters. The third-order valence-electron chi connectivity index (χ3n) is 3.71. The molecule has 0 radical (unpaired) electrons. The van der Waals surface area contributed by atoms with Crippen molar-refractivity contribution in [1.29, 1.82) is 0 Å². The average molecular weight is 295 g/mol. The van der Waals surface area contributed by atoms with E-state index in [0.29, 0.717) is 30.8 Å². The number of nitrogens with zero attached hydrogens (tertiary/aromatic N) is 3. The number of hydrogen-bond donors (Lipinski definition) is 1. The quantitative estimate of drug-likeness (QED) is 0.935. The zero-order valence-corrected chi connectivity index (χ0v) is 12.3. The predicted octanol–water partition coefficient (Wildman–Crippen LogP) is 2.07. The molecule has 0 saturated heterocycles. The fourth-order valence-corrected chi connectivity index (χ4v) is 2.76. The van der Waals surface area contributed by atoms with Crippen molar-refractivity contribution in [1.82, 2.24) is 15.0 Å². The van der Waals surface area contributed by atoms with Crippen molar-refractivity contribution >= 4 is 12.4 Å². The Kier molecular flexibility index (Phi) is 4.75. The van der Waals surface area contributed by atoms with Gasteiger partial charge in [-0.15, -0.1) is 12.4 Å². The zero-order valence-electron chi connectivity index (χ0n) is 11.5. The minimum absolute atomic E-state index is 0. The molecule has 20 heavy (non-hydrogen) atoms. The third kappa shape index (κ3) is 2.85. The van der Waals surface area contributed by atoms with Crippen molar-refractivity contribution in [2.24, 2.45) is 5.73 Å². The number of fused-ring (bicyclic) bond motifs is 1. The maximum absolute atomic E-state index is 5.47. The topological polar surface area (TPSA) is 68.2 Å². The van der Waals surface area contributed by atoms with E-state index in [2.05, 4.69) is 46.4 Å². The number of aryl methyl sites for hydroxylation is 1. The molecule has 108 valence electrons. The number of hydrogen-bond acceptors (Lipinski definition) is 5. The van der Waals surface area contributed by atoms with Gasteiger partial charge in [0, 0.05) is 6.04 Å². The van der Waals surface area contributed by atoms with Crippen molar-refractivity contribution in [3.8, 4) is 0 Å². The number of benzene rings is 1. The number of halogens is 1. The van der Waals surface area contributed by atoms with Crippen LogP contribution in [0.25, 0.3) is 0 Å². The van der Waals surface area contributed by atoms with Crippen LogP contribution in [0.2, 0.25) is 0 Å². The van der Waals surface area contributed by atoms with Crippen molar-refractivity contribution in [3.05, 3.63) is 47.1 Å². The van der Waals surface area contributed by atoms with Gasteiger partial charge in [-0.3, -0.25) is 4.90 Å². The van der Waals surface area contributed by atoms with Crippen LogP contribution in [0.3, 0.4) is 0 Å². The first-order chi connectivity index (χ1) is 9.28. The second kappa shape index (κ2) is 6.35. The van der Waals surface area contributed by atoms with Gasteiger partial charge in [-0.25, -0.2) is 0 Å². The Morgan fingerprint density at radius 3 is 2.95 bits per heavy atom. The fourth-order valence-electron chi connectivity index (χ4n) is 2.76. The Bertz CT molecular complexity index is 572. The highest BCUT2D eigenvalue weighted by Crippen LogP contribution is 2.35. The Morgan fingerprint density at radius 2 is 2.20 bits per heavy atom. The second-order valence-corrected chi connectivity index (χ2v) is 4.98. The van der Waals surface area contributed by atoms with Crippen LogP contribution in [0.1, 0.15) is 35.3 Å². The van der Waals surface area contributed by atoms with E-state index < -0.39 is 0 Å². The third-order valence-corrected chi connectivity index (χ3v) is 3.71. The van der Waals surface area contributed by atoms with Gasteiger partial charge in [0.2, 0.25) is 5.89 Å². The molecule has 0 amide bonds. The van der Waals surface area contributed by atoms with Gasteiger partial charge in [0.25, 0.3) is 0 Å². The Labute approximate surface area is 124 Å². The fraction of sp³-hybridized carbons (Fsp3) is 0.429. The summed E-state index contributed by atoms with van der Waals surface area (Å²) in [7, 11) is 2.10. The molecule has 5 nitrogen and oxygen atoms in total. The number of rotatable bonds is 4. The van der Waals surface area contributed by atoms with Gasteiger partial charge in [0.15, 0.2) is 5.82 Å². The van der Waals surface area contributed by atoms with Crippen LogP contribution < -0.4 is 5.73 Å². The minimum Gasteiger partial charge on any atom is -0.338 e. The molecule has 1 aromatic carbocycles. The second-order valence-electron chi connectivity index (χ2n) is 4.98. The van der Waals surface area contributed by atoms with Crippen LogP contribution in [-0.4, -0.2) is 22.1 Å². The lowest BCUT2D eigenvalue weighted by Crippen LogP contribution is -2.23. The van der Waals surface area contributed by atoms with Crippen molar-refractivity contribution in [2.45, 2.75) is 32.0 Å². The highest BCUT2D eigenvalue weighted by atomic mass is 35.5. The molecule has 0 aliphatic heterocycles. The van der Waals surface area contributed by atoms with Gasteiger partial charge in [-0.2, -0.15) is 4.98 Å². The van der Waals surface area contributed by atoms with Crippen LogP contribution in [0, 0.1) is 0 Å². The van der Waals surface area contributed by atoms with Crippen molar-refractivity contribution in [3.63, 3.8) is 0 Å². The maximum Gasteiger partial charge on any atom is 0.240 e. The summed E-state index contributed by atoms with van der Waals surface area (Å²) in [6.07, 6.45) is 2.29. The van der Waals surface area contributed by atoms with E-state index in [4.69, 9.17) is 10.3 Å². The zero-order chi connectivity index (χ0) is 13.2. The molecule has 0 fully saturated rings. The Hall–Kier alpha value is -1.43. The van der Waals surface area contributed by atoms with Crippen molar-refractivity contribution in [2.75, 3.05) is 7.05 Å². The Balaban J connectivity index is 0.00000147. The summed E-state index contributed by atoms with van der Waals surface area (Å²) < 4.78 is 5.03. The first-order valence-electron chi connectivity index (χ1n) is 6.57. The normalized spacial score (nSPS) is 17.1.